The highest BCUT2D eigenvalue weighted by Crippen LogP contribution is 2.29. The molecule has 1 aromatic heterocycles. The predicted molar refractivity (Wildman–Crippen MR) is 70.9 cm³/mol. The largest absolute Gasteiger partial charge is 0.298 e. The topological polar surface area (TPSA) is 55.2 Å². The van der Waals surface area contributed by atoms with E-state index in [4.69, 9.17) is 0 Å². The molecule has 2 atom stereocenters. The molecular formula is C12H21N3O2S. The summed E-state index contributed by atoms with van der Waals surface area (Å²) in [5, 5.41) is 3.93. The van der Waals surface area contributed by atoms with E-state index in [1.165, 1.54) is 6.26 Å². The molecule has 1 aromatic rings. The third kappa shape index (κ3) is 2.92. The van der Waals surface area contributed by atoms with Crippen molar-refractivity contribution in [3.8, 4) is 0 Å². The molecule has 0 amide bonds. The van der Waals surface area contributed by atoms with Gasteiger partial charge in [0.2, 0.25) is 0 Å². The van der Waals surface area contributed by atoms with E-state index < -0.39 is 9.84 Å². The van der Waals surface area contributed by atoms with E-state index in [0.717, 1.165) is 31.4 Å². The summed E-state index contributed by atoms with van der Waals surface area (Å²) >= 11 is 0. The second kappa shape index (κ2) is 5.01. The smallest absolute Gasteiger partial charge is 0.151 e. The van der Waals surface area contributed by atoms with Crippen molar-refractivity contribution in [1.29, 1.82) is 0 Å². The van der Waals surface area contributed by atoms with E-state index in [-0.39, 0.29) is 11.3 Å². The van der Waals surface area contributed by atoms with Crippen molar-refractivity contribution < 1.29 is 8.42 Å². The number of nitrogens with zero attached hydrogens (tertiary/aromatic N) is 3. The van der Waals surface area contributed by atoms with Crippen molar-refractivity contribution in [1.82, 2.24) is 14.7 Å². The molecule has 0 spiro atoms. The maximum absolute atomic E-state index is 11.8. The molecule has 2 unspecified atom stereocenters. The summed E-state index contributed by atoms with van der Waals surface area (Å²) < 4.78 is 25.3. The number of sulfone groups is 1. The van der Waals surface area contributed by atoms with Gasteiger partial charge < -0.3 is 0 Å². The third-order valence-corrected chi connectivity index (χ3v) is 5.37. The fourth-order valence-electron chi connectivity index (χ4n) is 2.87. The van der Waals surface area contributed by atoms with E-state index in [1.807, 2.05) is 26.5 Å². The van der Waals surface area contributed by atoms with Crippen LogP contribution >= 0.6 is 0 Å². The first-order valence-corrected chi connectivity index (χ1v) is 8.20. The molecule has 1 saturated carbocycles. The third-order valence-electron chi connectivity index (χ3n) is 3.72. The maximum Gasteiger partial charge on any atom is 0.151 e. The van der Waals surface area contributed by atoms with Crippen LogP contribution in [-0.4, -0.2) is 47.7 Å². The predicted octanol–water partition coefficient (Wildman–Crippen LogP) is 0.818. The molecule has 18 heavy (non-hydrogen) atoms. The van der Waals surface area contributed by atoms with Crippen LogP contribution in [0.15, 0.2) is 12.4 Å². The Bertz CT molecular complexity index is 509. The molecule has 5 nitrogen and oxygen atoms in total. The Kier molecular flexibility index (Phi) is 3.77. The van der Waals surface area contributed by atoms with Crippen LogP contribution in [0, 0.1) is 0 Å². The van der Waals surface area contributed by atoms with Crippen LogP contribution in [0.3, 0.4) is 0 Å². The molecule has 0 N–H and O–H groups in total. The zero-order chi connectivity index (χ0) is 13.3. The molecule has 0 aliphatic heterocycles. The normalized spacial score (nSPS) is 24.9. The number of rotatable bonds is 4. The van der Waals surface area contributed by atoms with Crippen molar-refractivity contribution in [3.05, 3.63) is 18.0 Å². The molecule has 2 rings (SSSR count). The minimum Gasteiger partial charge on any atom is -0.298 e. The highest BCUT2D eigenvalue weighted by atomic mass is 32.2. The second-order valence-corrected chi connectivity index (χ2v) is 7.57. The van der Waals surface area contributed by atoms with Crippen LogP contribution in [0.25, 0.3) is 0 Å². The standard InChI is InChI=1S/C12H21N3O2S/c1-14(8-10-7-13-15(2)9-10)11-5-4-6-12(11)18(3,16)17/h7,9,11-12H,4-6,8H2,1-3H3. The summed E-state index contributed by atoms with van der Waals surface area (Å²) in [5.74, 6) is 0. The number of aryl methyl sites for hydroxylation is 1. The number of hydrogen-bond acceptors (Lipinski definition) is 4. The Morgan fingerprint density at radius 3 is 2.78 bits per heavy atom. The lowest BCUT2D eigenvalue weighted by atomic mass is 10.2. The van der Waals surface area contributed by atoms with Gasteiger partial charge in [0.15, 0.2) is 9.84 Å². The van der Waals surface area contributed by atoms with Crippen molar-refractivity contribution in [2.24, 2.45) is 7.05 Å². The Labute approximate surface area is 109 Å². The van der Waals surface area contributed by atoms with Crippen molar-refractivity contribution in [2.45, 2.75) is 37.1 Å². The summed E-state index contributed by atoms with van der Waals surface area (Å²) in [5.41, 5.74) is 1.12. The van der Waals surface area contributed by atoms with Gasteiger partial charge in [0.25, 0.3) is 0 Å². The first kappa shape index (κ1) is 13.5. The Morgan fingerprint density at radius 2 is 2.22 bits per heavy atom. The Hall–Kier alpha value is -0.880. The van der Waals surface area contributed by atoms with Gasteiger partial charge in [-0.2, -0.15) is 5.10 Å². The van der Waals surface area contributed by atoms with Gasteiger partial charge in [-0.1, -0.05) is 6.42 Å². The average Bonchev–Trinajstić information content (AvgIpc) is 2.85. The van der Waals surface area contributed by atoms with Gasteiger partial charge in [0, 0.05) is 37.7 Å². The molecule has 0 radical (unpaired) electrons. The lowest BCUT2D eigenvalue weighted by Gasteiger charge is -2.28. The Balaban J connectivity index is 2.06. The first-order valence-electron chi connectivity index (χ1n) is 6.24. The van der Waals surface area contributed by atoms with Crippen molar-refractivity contribution >= 4 is 9.84 Å². The highest BCUT2D eigenvalue weighted by molar-refractivity contribution is 7.91. The minimum absolute atomic E-state index is 0.139. The van der Waals surface area contributed by atoms with E-state index in [0.29, 0.717) is 0 Å². The maximum atomic E-state index is 11.8. The van der Waals surface area contributed by atoms with Crippen LogP contribution in [0.2, 0.25) is 0 Å². The van der Waals surface area contributed by atoms with Gasteiger partial charge in [-0.15, -0.1) is 0 Å². The van der Waals surface area contributed by atoms with Crippen LogP contribution in [0.4, 0.5) is 0 Å². The van der Waals surface area contributed by atoms with E-state index in [1.54, 1.807) is 4.68 Å². The van der Waals surface area contributed by atoms with Gasteiger partial charge in [0.05, 0.1) is 11.4 Å². The molecule has 1 fully saturated rings. The van der Waals surface area contributed by atoms with Gasteiger partial charge in [-0.25, -0.2) is 8.42 Å². The molecule has 1 heterocycles. The summed E-state index contributed by atoms with van der Waals surface area (Å²) in [4.78, 5) is 2.15. The molecular weight excluding hydrogens is 250 g/mol. The number of aromatic nitrogens is 2. The zero-order valence-corrected chi connectivity index (χ0v) is 12.0. The molecule has 0 bridgehead atoms. The quantitative estimate of drug-likeness (QED) is 0.813. The Morgan fingerprint density at radius 1 is 1.50 bits per heavy atom. The van der Waals surface area contributed by atoms with E-state index in [2.05, 4.69) is 10.00 Å². The molecule has 1 aliphatic rings. The van der Waals surface area contributed by atoms with Crippen molar-refractivity contribution in [2.75, 3.05) is 13.3 Å². The summed E-state index contributed by atoms with van der Waals surface area (Å²) in [6.07, 6.45) is 7.92. The van der Waals surface area contributed by atoms with E-state index in [9.17, 15) is 8.42 Å². The SMILES string of the molecule is CN(Cc1cnn(C)c1)C1CCCC1S(C)(=O)=O. The molecule has 6 heteroatoms. The van der Waals surface area contributed by atoms with Gasteiger partial charge in [0.1, 0.15) is 0 Å². The lowest BCUT2D eigenvalue weighted by Crippen LogP contribution is -2.40. The lowest BCUT2D eigenvalue weighted by molar-refractivity contribution is 0.238. The minimum atomic E-state index is -2.95. The highest BCUT2D eigenvalue weighted by Gasteiger charge is 2.37. The van der Waals surface area contributed by atoms with Crippen LogP contribution in [0.5, 0.6) is 0 Å². The second-order valence-electron chi connectivity index (χ2n) is 5.30. The first-order chi connectivity index (χ1) is 8.38. The van der Waals surface area contributed by atoms with Crippen LogP contribution in [0.1, 0.15) is 24.8 Å². The summed E-state index contributed by atoms with van der Waals surface area (Å²) in [7, 11) is 0.942. The molecule has 102 valence electrons. The molecule has 1 aliphatic carbocycles. The van der Waals surface area contributed by atoms with Gasteiger partial charge >= 0.3 is 0 Å². The van der Waals surface area contributed by atoms with Crippen molar-refractivity contribution in [3.63, 3.8) is 0 Å². The number of hydrogen-bond donors (Lipinski definition) is 0. The summed E-state index contributed by atoms with van der Waals surface area (Å²) in [6.45, 7) is 0.754. The van der Waals surface area contributed by atoms with Gasteiger partial charge in [-0.3, -0.25) is 9.58 Å². The van der Waals surface area contributed by atoms with Crippen LogP contribution in [-0.2, 0) is 23.4 Å². The summed E-state index contributed by atoms with van der Waals surface area (Å²) in [6, 6.07) is 0.139. The fraction of sp³-hybridized carbons (Fsp3) is 0.750. The zero-order valence-electron chi connectivity index (χ0n) is 11.2. The molecule has 0 aromatic carbocycles. The van der Waals surface area contributed by atoms with Crippen LogP contribution < -0.4 is 0 Å². The molecule has 0 saturated heterocycles. The monoisotopic (exact) mass is 271 g/mol. The fourth-order valence-corrected chi connectivity index (χ4v) is 4.38. The average molecular weight is 271 g/mol. The van der Waals surface area contributed by atoms with Gasteiger partial charge in [-0.05, 0) is 19.9 Å². The van der Waals surface area contributed by atoms with E-state index >= 15 is 0 Å².